The molecule has 1 aromatic carbocycles. The van der Waals surface area contributed by atoms with Crippen molar-refractivity contribution in [3.63, 3.8) is 0 Å². The van der Waals surface area contributed by atoms with Gasteiger partial charge in [0.2, 0.25) is 5.43 Å². The van der Waals surface area contributed by atoms with Gasteiger partial charge in [0.15, 0.2) is 0 Å². The van der Waals surface area contributed by atoms with Crippen LogP contribution in [0, 0.1) is 0 Å². The molecule has 20 heavy (non-hydrogen) atoms. The van der Waals surface area contributed by atoms with Crippen LogP contribution in [-0.4, -0.2) is 15.9 Å². The van der Waals surface area contributed by atoms with Crippen LogP contribution in [0.2, 0.25) is 0 Å². The van der Waals surface area contributed by atoms with E-state index in [1.54, 1.807) is 24.4 Å². The lowest BCUT2D eigenvalue weighted by Gasteiger charge is -2.04. The second-order valence-corrected chi connectivity index (χ2v) is 5.16. The minimum absolute atomic E-state index is 0.111. The maximum Gasteiger partial charge on any atom is 0.257 e. The number of amides is 1. The first-order valence-corrected chi connectivity index (χ1v) is 6.90. The van der Waals surface area contributed by atoms with Gasteiger partial charge >= 0.3 is 0 Å². The van der Waals surface area contributed by atoms with Gasteiger partial charge in [-0.2, -0.15) is 0 Å². The highest BCUT2D eigenvalue weighted by Crippen LogP contribution is 2.07. The van der Waals surface area contributed by atoms with Crippen molar-refractivity contribution < 1.29 is 4.79 Å². The molecule has 6 heteroatoms. The van der Waals surface area contributed by atoms with E-state index in [1.165, 1.54) is 17.5 Å². The first kappa shape index (κ1) is 12.6. The van der Waals surface area contributed by atoms with Gasteiger partial charge in [0.25, 0.3) is 5.91 Å². The number of carbonyl (C=O) groups excluding carboxylic acids is 1. The molecule has 3 aromatic rings. The summed E-state index contributed by atoms with van der Waals surface area (Å²) >= 11 is 1.46. The van der Waals surface area contributed by atoms with Crippen molar-refractivity contribution in [3.8, 4) is 0 Å². The van der Waals surface area contributed by atoms with Crippen LogP contribution in [0.1, 0.15) is 15.4 Å². The number of H-pyrrole nitrogens is 1. The molecule has 0 fully saturated rings. The van der Waals surface area contributed by atoms with Crippen molar-refractivity contribution in [1.82, 2.24) is 15.3 Å². The summed E-state index contributed by atoms with van der Waals surface area (Å²) in [4.78, 5) is 31.3. The first-order chi connectivity index (χ1) is 9.75. The largest absolute Gasteiger partial charge is 0.360 e. The van der Waals surface area contributed by atoms with Gasteiger partial charge in [-0.15, -0.1) is 11.3 Å². The van der Waals surface area contributed by atoms with Crippen LogP contribution in [0.25, 0.3) is 10.9 Å². The molecule has 0 radical (unpaired) electrons. The molecular formula is C14H11N3O2S. The van der Waals surface area contributed by atoms with E-state index in [2.05, 4.69) is 15.3 Å². The van der Waals surface area contributed by atoms with Crippen molar-refractivity contribution in [3.05, 3.63) is 62.8 Å². The number of benzene rings is 1. The Morgan fingerprint density at radius 2 is 2.20 bits per heavy atom. The number of hydrogen-bond donors (Lipinski definition) is 2. The van der Waals surface area contributed by atoms with Crippen molar-refractivity contribution >= 4 is 28.1 Å². The lowest BCUT2D eigenvalue weighted by Crippen LogP contribution is -2.28. The molecule has 0 aliphatic heterocycles. The Morgan fingerprint density at radius 3 is 3.00 bits per heavy atom. The zero-order valence-corrected chi connectivity index (χ0v) is 11.2. The normalized spacial score (nSPS) is 10.6. The summed E-state index contributed by atoms with van der Waals surface area (Å²) < 4.78 is 0. The summed E-state index contributed by atoms with van der Waals surface area (Å²) in [5.74, 6) is -0.396. The average molecular weight is 285 g/mol. The third-order valence-corrected chi connectivity index (χ3v) is 3.70. The van der Waals surface area contributed by atoms with Gasteiger partial charge < -0.3 is 10.3 Å². The number of nitrogens with one attached hydrogen (secondary N) is 2. The summed E-state index contributed by atoms with van der Waals surface area (Å²) in [5.41, 5.74) is 0.560. The first-order valence-electron chi connectivity index (χ1n) is 6.03. The minimum atomic E-state index is -0.396. The highest BCUT2D eigenvalue weighted by Gasteiger charge is 2.12. The Hall–Kier alpha value is -2.47. The number of hydrogen-bond acceptors (Lipinski definition) is 4. The molecule has 0 saturated heterocycles. The van der Waals surface area contributed by atoms with Crippen LogP contribution in [0.3, 0.4) is 0 Å². The van der Waals surface area contributed by atoms with Gasteiger partial charge in [-0.05, 0) is 12.1 Å². The second-order valence-electron chi connectivity index (χ2n) is 4.19. The smallest absolute Gasteiger partial charge is 0.257 e. The maximum absolute atomic E-state index is 12.2. The molecule has 1 amide bonds. The van der Waals surface area contributed by atoms with E-state index in [1.807, 2.05) is 11.4 Å². The number of pyridine rings is 1. The molecule has 2 aromatic heterocycles. The van der Waals surface area contributed by atoms with E-state index in [4.69, 9.17) is 0 Å². The average Bonchev–Trinajstić information content (AvgIpc) is 2.99. The zero-order chi connectivity index (χ0) is 13.9. The molecule has 100 valence electrons. The minimum Gasteiger partial charge on any atom is -0.360 e. The fourth-order valence-electron chi connectivity index (χ4n) is 1.93. The molecule has 0 bridgehead atoms. The van der Waals surface area contributed by atoms with Crippen LogP contribution in [0.4, 0.5) is 0 Å². The molecule has 0 saturated carbocycles. The topological polar surface area (TPSA) is 74.8 Å². The summed E-state index contributed by atoms with van der Waals surface area (Å²) in [5, 5.41) is 5.84. The zero-order valence-electron chi connectivity index (χ0n) is 10.4. The van der Waals surface area contributed by atoms with Crippen molar-refractivity contribution in [2.75, 3.05) is 0 Å². The molecule has 2 heterocycles. The SMILES string of the molecule is O=C(NCc1nccs1)c1c[nH]c2ccccc2c1=O. The van der Waals surface area contributed by atoms with Gasteiger partial charge in [-0.1, -0.05) is 12.1 Å². The van der Waals surface area contributed by atoms with Gasteiger partial charge in [0.05, 0.1) is 6.54 Å². The van der Waals surface area contributed by atoms with E-state index in [9.17, 15) is 9.59 Å². The van der Waals surface area contributed by atoms with E-state index in [0.29, 0.717) is 17.4 Å². The van der Waals surface area contributed by atoms with Gasteiger partial charge in [-0.25, -0.2) is 4.98 Å². The highest BCUT2D eigenvalue weighted by atomic mass is 32.1. The van der Waals surface area contributed by atoms with Crippen molar-refractivity contribution in [1.29, 1.82) is 0 Å². The molecule has 0 aliphatic rings. The maximum atomic E-state index is 12.2. The number of nitrogens with zero attached hydrogens (tertiary/aromatic N) is 1. The van der Waals surface area contributed by atoms with Crippen LogP contribution in [0.15, 0.2) is 46.8 Å². The fourth-order valence-corrected chi connectivity index (χ4v) is 2.48. The van der Waals surface area contributed by atoms with E-state index in [-0.39, 0.29) is 11.0 Å². The number of fused-ring (bicyclic) bond motifs is 1. The summed E-state index contributed by atoms with van der Waals surface area (Å²) in [7, 11) is 0. The predicted octanol–water partition coefficient (Wildman–Crippen LogP) is 1.91. The summed E-state index contributed by atoms with van der Waals surface area (Å²) in [6.07, 6.45) is 3.12. The number of aromatic amines is 1. The standard InChI is InChI=1S/C14H11N3O2S/c18-13-9-3-1-2-4-11(9)16-7-10(13)14(19)17-8-12-15-5-6-20-12/h1-7H,8H2,(H,16,18)(H,17,19). The van der Waals surface area contributed by atoms with Crippen LogP contribution >= 0.6 is 11.3 Å². The molecule has 2 N–H and O–H groups in total. The Kier molecular flexibility index (Phi) is 3.30. The number of aromatic nitrogens is 2. The molecule has 0 unspecified atom stereocenters. The van der Waals surface area contributed by atoms with E-state index >= 15 is 0 Å². The Bertz CT molecular complexity index is 809. The van der Waals surface area contributed by atoms with E-state index in [0.717, 1.165) is 5.01 Å². The van der Waals surface area contributed by atoms with Gasteiger partial charge in [0, 0.05) is 28.7 Å². The monoisotopic (exact) mass is 285 g/mol. The summed E-state index contributed by atoms with van der Waals surface area (Å²) in [6.45, 7) is 0.322. The predicted molar refractivity (Wildman–Crippen MR) is 77.9 cm³/mol. The number of rotatable bonds is 3. The molecule has 0 spiro atoms. The van der Waals surface area contributed by atoms with Crippen molar-refractivity contribution in [2.24, 2.45) is 0 Å². The third-order valence-electron chi connectivity index (χ3n) is 2.92. The fraction of sp³-hybridized carbons (Fsp3) is 0.0714. The molecule has 0 aliphatic carbocycles. The highest BCUT2D eigenvalue weighted by molar-refractivity contribution is 7.09. The Balaban J connectivity index is 1.88. The summed E-state index contributed by atoms with van der Waals surface area (Å²) in [6, 6.07) is 7.11. The molecule has 5 nitrogen and oxygen atoms in total. The Labute approximate surface area is 118 Å². The second kappa shape index (κ2) is 5.26. The third kappa shape index (κ3) is 2.33. The molecular weight excluding hydrogens is 274 g/mol. The van der Waals surface area contributed by atoms with Gasteiger partial charge in [0.1, 0.15) is 10.6 Å². The van der Waals surface area contributed by atoms with E-state index < -0.39 is 5.91 Å². The van der Waals surface area contributed by atoms with Crippen molar-refractivity contribution in [2.45, 2.75) is 6.54 Å². The quantitative estimate of drug-likeness (QED) is 0.772. The van der Waals surface area contributed by atoms with Crippen LogP contribution in [-0.2, 0) is 6.54 Å². The number of para-hydroxylation sites is 1. The van der Waals surface area contributed by atoms with Crippen LogP contribution in [0.5, 0.6) is 0 Å². The molecule has 3 rings (SSSR count). The lowest BCUT2D eigenvalue weighted by molar-refractivity contribution is 0.0949. The van der Waals surface area contributed by atoms with Gasteiger partial charge in [-0.3, -0.25) is 9.59 Å². The number of carbonyl (C=O) groups is 1. The number of thiazole rings is 1. The Morgan fingerprint density at radius 1 is 1.35 bits per heavy atom. The van der Waals surface area contributed by atoms with Crippen LogP contribution < -0.4 is 10.7 Å². The lowest BCUT2D eigenvalue weighted by atomic mass is 10.1. The molecule has 0 atom stereocenters.